The quantitative estimate of drug-likeness (QED) is 0.716. The lowest BCUT2D eigenvalue weighted by Crippen LogP contribution is -1.89. The monoisotopic (exact) mass is 304 g/mol. The van der Waals surface area contributed by atoms with E-state index < -0.39 is 0 Å². The Morgan fingerprint density at radius 1 is 1.50 bits per heavy atom. The van der Waals surface area contributed by atoms with Crippen molar-refractivity contribution in [2.75, 3.05) is 4.72 Å². The number of nitrogens with zero attached hydrogens (tertiary/aromatic N) is 2. The predicted octanol–water partition coefficient (Wildman–Crippen LogP) is 4.06. The summed E-state index contributed by atoms with van der Waals surface area (Å²) < 4.78 is 16.6. The Balaban J connectivity index is 1.94. The standard InChI is InChI=1S/C13H9FN4S2/c1-7-2-3-9(12-11(7)8(4-15)5-16-12)18-20-13-17-6-10(14)19-13/h2-3,5-6,16,18H,1H3. The molecule has 7 heteroatoms. The van der Waals surface area contributed by atoms with Crippen molar-refractivity contribution in [2.45, 2.75) is 11.3 Å². The van der Waals surface area contributed by atoms with E-state index >= 15 is 0 Å². The molecule has 0 saturated heterocycles. The second-order valence-corrected chi connectivity index (χ2v) is 6.16. The first-order chi connectivity index (χ1) is 9.69. The Hall–Kier alpha value is -2.04. The van der Waals surface area contributed by atoms with Crippen LogP contribution >= 0.6 is 23.3 Å². The third-order valence-electron chi connectivity index (χ3n) is 2.87. The first kappa shape index (κ1) is 13.0. The number of aromatic nitrogens is 2. The SMILES string of the molecule is Cc1ccc(NSc2ncc(F)s2)c2[nH]cc(C#N)c12. The number of benzene rings is 1. The van der Waals surface area contributed by atoms with Gasteiger partial charge in [0, 0.05) is 23.5 Å². The summed E-state index contributed by atoms with van der Waals surface area (Å²) in [6.45, 7) is 1.96. The fourth-order valence-corrected chi connectivity index (χ4v) is 3.36. The van der Waals surface area contributed by atoms with Crippen molar-refractivity contribution in [3.63, 3.8) is 0 Å². The van der Waals surface area contributed by atoms with Crippen LogP contribution in [0.25, 0.3) is 10.9 Å². The van der Waals surface area contributed by atoms with Crippen LogP contribution in [-0.2, 0) is 0 Å². The molecular weight excluding hydrogens is 295 g/mol. The Morgan fingerprint density at radius 3 is 3.05 bits per heavy atom. The van der Waals surface area contributed by atoms with Gasteiger partial charge in [0.05, 0.1) is 23.0 Å². The van der Waals surface area contributed by atoms with Crippen LogP contribution < -0.4 is 4.72 Å². The lowest BCUT2D eigenvalue weighted by Gasteiger charge is -2.06. The molecule has 0 saturated carbocycles. The van der Waals surface area contributed by atoms with Gasteiger partial charge in [-0.25, -0.2) is 4.98 Å². The number of nitriles is 1. The maximum atomic E-state index is 12.9. The van der Waals surface area contributed by atoms with Gasteiger partial charge < -0.3 is 9.71 Å². The van der Waals surface area contributed by atoms with Crippen LogP contribution in [0.5, 0.6) is 0 Å². The van der Waals surface area contributed by atoms with E-state index in [4.69, 9.17) is 5.26 Å². The number of nitrogens with one attached hydrogen (secondary N) is 2. The summed E-state index contributed by atoms with van der Waals surface area (Å²) in [4.78, 5) is 7.03. The number of H-pyrrole nitrogens is 1. The lowest BCUT2D eigenvalue weighted by atomic mass is 10.1. The number of anilines is 1. The summed E-state index contributed by atoms with van der Waals surface area (Å²) in [5.74, 6) is 0. The van der Waals surface area contributed by atoms with Gasteiger partial charge in [-0.05, 0) is 18.6 Å². The molecule has 0 aliphatic rings. The molecule has 3 aromatic rings. The zero-order valence-electron chi connectivity index (χ0n) is 10.4. The molecule has 0 amide bonds. The van der Waals surface area contributed by atoms with Gasteiger partial charge in [-0.3, -0.25) is 0 Å². The molecule has 0 unspecified atom stereocenters. The van der Waals surface area contributed by atoms with Gasteiger partial charge in [0.1, 0.15) is 6.07 Å². The molecule has 2 N–H and O–H groups in total. The molecule has 2 aromatic heterocycles. The first-order valence-electron chi connectivity index (χ1n) is 5.74. The van der Waals surface area contributed by atoms with Crippen molar-refractivity contribution >= 4 is 39.9 Å². The van der Waals surface area contributed by atoms with Crippen LogP contribution in [0.4, 0.5) is 10.1 Å². The highest BCUT2D eigenvalue weighted by Crippen LogP contribution is 2.32. The molecule has 0 fully saturated rings. The van der Waals surface area contributed by atoms with Crippen LogP contribution in [0.2, 0.25) is 0 Å². The Morgan fingerprint density at radius 2 is 2.35 bits per heavy atom. The van der Waals surface area contributed by atoms with Gasteiger partial charge in [-0.15, -0.1) is 0 Å². The van der Waals surface area contributed by atoms with Crippen LogP contribution in [0, 0.1) is 23.4 Å². The van der Waals surface area contributed by atoms with Crippen molar-refractivity contribution in [1.29, 1.82) is 5.26 Å². The molecule has 0 spiro atoms. The van der Waals surface area contributed by atoms with Crippen molar-refractivity contribution < 1.29 is 4.39 Å². The zero-order valence-corrected chi connectivity index (χ0v) is 12.0. The molecule has 20 heavy (non-hydrogen) atoms. The number of hydrogen-bond donors (Lipinski definition) is 2. The second kappa shape index (κ2) is 5.15. The predicted molar refractivity (Wildman–Crippen MR) is 79.3 cm³/mol. The van der Waals surface area contributed by atoms with Crippen molar-refractivity contribution in [1.82, 2.24) is 9.97 Å². The summed E-state index contributed by atoms with van der Waals surface area (Å²) in [6.07, 6.45) is 2.89. The van der Waals surface area contributed by atoms with E-state index in [2.05, 4.69) is 20.8 Å². The van der Waals surface area contributed by atoms with Gasteiger partial charge in [-0.1, -0.05) is 17.4 Å². The van der Waals surface area contributed by atoms with E-state index in [1.807, 2.05) is 19.1 Å². The van der Waals surface area contributed by atoms with E-state index in [0.29, 0.717) is 9.90 Å². The van der Waals surface area contributed by atoms with Gasteiger partial charge in [0.25, 0.3) is 0 Å². The Labute approximate surface area is 122 Å². The molecule has 3 rings (SSSR count). The van der Waals surface area contributed by atoms with Crippen LogP contribution in [0.1, 0.15) is 11.1 Å². The summed E-state index contributed by atoms with van der Waals surface area (Å²) in [5.41, 5.74) is 3.36. The topological polar surface area (TPSA) is 64.5 Å². The van der Waals surface area contributed by atoms with Crippen molar-refractivity contribution in [3.05, 3.63) is 40.8 Å². The van der Waals surface area contributed by atoms with Gasteiger partial charge in [0.15, 0.2) is 9.47 Å². The molecule has 0 radical (unpaired) electrons. The molecule has 0 aliphatic carbocycles. The summed E-state index contributed by atoms with van der Waals surface area (Å²) >= 11 is 2.23. The van der Waals surface area contributed by atoms with E-state index in [-0.39, 0.29) is 5.13 Å². The molecule has 0 atom stereocenters. The van der Waals surface area contributed by atoms with Gasteiger partial charge >= 0.3 is 0 Å². The molecule has 4 nitrogen and oxygen atoms in total. The number of halogens is 1. The Kier molecular flexibility index (Phi) is 3.34. The average molecular weight is 304 g/mol. The largest absolute Gasteiger partial charge is 0.358 e. The molecule has 1 aromatic carbocycles. The summed E-state index contributed by atoms with van der Waals surface area (Å²) in [7, 11) is 0. The van der Waals surface area contributed by atoms with Crippen molar-refractivity contribution in [3.8, 4) is 6.07 Å². The molecule has 2 heterocycles. The molecule has 0 aliphatic heterocycles. The van der Waals surface area contributed by atoms with Crippen LogP contribution in [0.3, 0.4) is 0 Å². The normalized spacial score (nSPS) is 10.7. The van der Waals surface area contributed by atoms with E-state index in [1.165, 1.54) is 18.1 Å². The summed E-state index contributed by atoms with van der Waals surface area (Å²) in [6, 6.07) is 6.04. The fraction of sp³-hybridized carbons (Fsp3) is 0.0769. The van der Waals surface area contributed by atoms with E-state index in [9.17, 15) is 4.39 Å². The fourth-order valence-electron chi connectivity index (χ4n) is 1.98. The number of aryl methyl sites for hydroxylation is 1. The van der Waals surface area contributed by atoms with E-state index in [1.54, 1.807) is 6.20 Å². The zero-order chi connectivity index (χ0) is 14.1. The van der Waals surface area contributed by atoms with Crippen LogP contribution in [0.15, 0.2) is 28.9 Å². The highest BCUT2D eigenvalue weighted by Gasteiger charge is 2.11. The maximum Gasteiger partial charge on any atom is 0.197 e. The minimum Gasteiger partial charge on any atom is -0.358 e. The molecule has 100 valence electrons. The van der Waals surface area contributed by atoms with Gasteiger partial charge in [-0.2, -0.15) is 9.65 Å². The third-order valence-corrected chi connectivity index (χ3v) is 4.55. The molecular formula is C13H9FN4S2. The second-order valence-electron chi connectivity index (χ2n) is 4.13. The first-order valence-corrected chi connectivity index (χ1v) is 7.37. The number of rotatable bonds is 3. The minimum absolute atomic E-state index is 0.310. The minimum atomic E-state index is -0.310. The maximum absolute atomic E-state index is 12.9. The van der Waals surface area contributed by atoms with E-state index in [0.717, 1.165) is 33.5 Å². The number of fused-ring (bicyclic) bond motifs is 1. The third kappa shape index (κ3) is 2.24. The number of thiazole rings is 1. The smallest absolute Gasteiger partial charge is 0.197 e. The van der Waals surface area contributed by atoms with Gasteiger partial charge in [0.2, 0.25) is 0 Å². The number of aromatic amines is 1. The highest BCUT2D eigenvalue weighted by molar-refractivity contribution is 8.02. The number of hydrogen-bond acceptors (Lipinski definition) is 5. The highest BCUT2D eigenvalue weighted by atomic mass is 32.2. The average Bonchev–Trinajstić information content (AvgIpc) is 3.05. The molecule has 0 bridgehead atoms. The van der Waals surface area contributed by atoms with Crippen molar-refractivity contribution in [2.24, 2.45) is 0 Å². The Bertz CT molecular complexity index is 815. The summed E-state index contributed by atoms with van der Waals surface area (Å²) in [5, 5.41) is 9.70. The lowest BCUT2D eigenvalue weighted by molar-refractivity contribution is 0.653. The van der Waals surface area contributed by atoms with Crippen LogP contribution in [-0.4, -0.2) is 9.97 Å².